The van der Waals surface area contributed by atoms with Crippen molar-refractivity contribution in [2.45, 2.75) is 26.3 Å². The van der Waals surface area contributed by atoms with Crippen molar-refractivity contribution >= 4 is 28.1 Å². The molecule has 2 aromatic carbocycles. The van der Waals surface area contributed by atoms with Crippen molar-refractivity contribution in [3.63, 3.8) is 0 Å². The van der Waals surface area contributed by atoms with Gasteiger partial charge in [0, 0.05) is 34.8 Å². The van der Waals surface area contributed by atoms with E-state index >= 15 is 0 Å². The van der Waals surface area contributed by atoms with Gasteiger partial charge in [0.1, 0.15) is 6.29 Å². The number of carbonyl (C=O) groups excluding carboxylic acids is 1. The number of hydrogen-bond donors (Lipinski definition) is 0. The molecule has 2 nitrogen and oxygen atoms in total. The molecule has 0 spiro atoms. The molecule has 3 rings (SSSR count). The number of carbonyl (C=O) groups is 1. The topological polar surface area (TPSA) is 22.0 Å². The van der Waals surface area contributed by atoms with E-state index in [0.29, 0.717) is 6.42 Å². The van der Waals surface area contributed by atoms with Crippen LogP contribution in [0.25, 0.3) is 21.8 Å². The van der Waals surface area contributed by atoms with Gasteiger partial charge in [-0.1, -0.05) is 24.3 Å². The van der Waals surface area contributed by atoms with E-state index in [9.17, 15) is 4.79 Å². The molecular formula is C17H17NO. The lowest BCUT2D eigenvalue weighted by molar-refractivity contribution is -0.107. The van der Waals surface area contributed by atoms with E-state index in [4.69, 9.17) is 0 Å². The zero-order chi connectivity index (χ0) is 13.2. The molecule has 0 fully saturated rings. The zero-order valence-electron chi connectivity index (χ0n) is 11.1. The molecule has 0 saturated heterocycles. The van der Waals surface area contributed by atoms with Crippen LogP contribution in [0.4, 0.5) is 0 Å². The molecule has 3 aromatic rings. The van der Waals surface area contributed by atoms with Crippen LogP contribution in [0.15, 0.2) is 42.5 Å². The fourth-order valence-corrected chi connectivity index (χ4v) is 2.82. The van der Waals surface area contributed by atoms with Gasteiger partial charge in [-0.2, -0.15) is 0 Å². The van der Waals surface area contributed by atoms with Gasteiger partial charge in [0.2, 0.25) is 0 Å². The van der Waals surface area contributed by atoms with E-state index in [1.165, 1.54) is 27.4 Å². The molecule has 0 bridgehead atoms. The molecule has 0 unspecified atom stereocenters. The Bertz CT molecular complexity index is 739. The smallest absolute Gasteiger partial charge is 0.120 e. The molecular weight excluding hydrogens is 234 g/mol. The Morgan fingerprint density at radius 3 is 2.63 bits per heavy atom. The largest absolute Gasteiger partial charge is 0.341 e. The average Bonchev–Trinajstić information content (AvgIpc) is 2.78. The summed E-state index contributed by atoms with van der Waals surface area (Å²) in [7, 11) is 0. The number of aldehydes is 1. The second-order valence-electron chi connectivity index (χ2n) is 4.82. The Morgan fingerprint density at radius 2 is 1.84 bits per heavy atom. The van der Waals surface area contributed by atoms with Crippen molar-refractivity contribution in [2.24, 2.45) is 0 Å². The predicted molar refractivity (Wildman–Crippen MR) is 79.5 cm³/mol. The third-order valence-corrected chi connectivity index (χ3v) is 3.70. The van der Waals surface area contributed by atoms with E-state index in [0.717, 1.165) is 19.3 Å². The highest BCUT2D eigenvalue weighted by molar-refractivity contribution is 6.08. The molecule has 0 saturated carbocycles. The summed E-state index contributed by atoms with van der Waals surface area (Å²) in [5, 5.41) is 2.59. The molecule has 0 aliphatic heterocycles. The van der Waals surface area contributed by atoms with Crippen molar-refractivity contribution in [3.8, 4) is 0 Å². The summed E-state index contributed by atoms with van der Waals surface area (Å²) < 4.78 is 2.34. The van der Waals surface area contributed by atoms with Gasteiger partial charge >= 0.3 is 0 Å². The van der Waals surface area contributed by atoms with Crippen LogP contribution in [-0.2, 0) is 17.8 Å². The maximum absolute atomic E-state index is 10.5. The van der Waals surface area contributed by atoms with Crippen molar-refractivity contribution in [3.05, 3.63) is 48.0 Å². The van der Waals surface area contributed by atoms with Crippen LogP contribution in [0.3, 0.4) is 0 Å². The Hall–Kier alpha value is -2.09. The van der Waals surface area contributed by atoms with Crippen LogP contribution in [0.2, 0.25) is 0 Å². The van der Waals surface area contributed by atoms with Gasteiger partial charge in [0.25, 0.3) is 0 Å². The molecule has 0 N–H and O–H groups in total. The van der Waals surface area contributed by atoms with Crippen molar-refractivity contribution in [2.75, 3.05) is 0 Å². The number of para-hydroxylation sites is 1. The van der Waals surface area contributed by atoms with Gasteiger partial charge < -0.3 is 9.36 Å². The Morgan fingerprint density at radius 1 is 1.05 bits per heavy atom. The number of rotatable bonds is 4. The second-order valence-corrected chi connectivity index (χ2v) is 4.82. The Labute approximate surface area is 112 Å². The highest BCUT2D eigenvalue weighted by Gasteiger charge is 2.09. The van der Waals surface area contributed by atoms with Gasteiger partial charge in [0.05, 0.1) is 0 Å². The fraction of sp³-hybridized carbons (Fsp3) is 0.235. The first-order valence-electron chi connectivity index (χ1n) is 6.78. The summed E-state index contributed by atoms with van der Waals surface area (Å²) in [5.74, 6) is 0. The van der Waals surface area contributed by atoms with Crippen molar-refractivity contribution in [1.29, 1.82) is 0 Å². The lowest BCUT2D eigenvalue weighted by atomic mass is 10.1. The minimum atomic E-state index is 0.595. The normalized spacial score (nSPS) is 11.2. The first kappa shape index (κ1) is 12.0. The predicted octanol–water partition coefficient (Wildman–Crippen LogP) is 3.95. The summed E-state index contributed by atoms with van der Waals surface area (Å²) >= 11 is 0. The van der Waals surface area contributed by atoms with Gasteiger partial charge in [-0.25, -0.2) is 0 Å². The maximum Gasteiger partial charge on any atom is 0.120 e. The Kier molecular flexibility index (Phi) is 3.08. The number of benzene rings is 2. The van der Waals surface area contributed by atoms with E-state index in [1.807, 2.05) is 0 Å². The van der Waals surface area contributed by atoms with E-state index < -0.39 is 0 Å². The first-order valence-corrected chi connectivity index (χ1v) is 6.78. The number of aromatic nitrogens is 1. The highest BCUT2D eigenvalue weighted by Crippen LogP contribution is 2.29. The van der Waals surface area contributed by atoms with Crippen LogP contribution in [0.5, 0.6) is 0 Å². The standard InChI is InChI=1S/C17H17NO/c1-2-18-16-8-4-3-7-14(16)15-12-13(6-5-11-19)9-10-17(15)18/h3-4,7-12H,2,5-6H2,1H3. The summed E-state index contributed by atoms with van der Waals surface area (Å²) in [5.41, 5.74) is 3.80. The van der Waals surface area contributed by atoms with Crippen molar-refractivity contribution < 1.29 is 4.79 Å². The monoisotopic (exact) mass is 251 g/mol. The summed E-state index contributed by atoms with van der Waals surface area (Å²) in [6, 6.07) is 15.1. The van der Waals surface area contributed by atoms with Crippen LogP contribution in [0, 0.1) is 0 Å². The molecule has 2 heteroatoms. The molecule has 1 heterocycles. The SMILES string of the molecule is CCn1c2ccccc2c2cc(CCC=O)ccc21. The molecule has 1 aromatic heterocycles. The number of hydrogen-bond acceptors (Lipinski definition) is 1. The van der Waals surface area contributed by atoms with Gasteiger partial charge in [-0.05, 0) is 37.1 Å². The lowest BCUT2D eigenvalue weighted by Gasteiger charge is -2.03. The van der Waals surface area contributed by atoms with E-state index in [1.54, 1.807) is 0 Å². The summed E-state index contributed by atoms with van der Waals surface area (Å²) in [6.07, 6.45) is 2.41. The summed E-state index contributed by atoms with van der Waals surface area (Å²) in [6.45, 7) is 3.14. The molecule has 19 heavy (non-hydrogen) atoms. The molecule has 0 atom stereocenters. The van der Waals surface area contributed by atoms with E-state index in [-0.39, 0.29) is 0 Å². The summed E-state index contributed by atoms with van der Waals surface area (Å²) in [4.78, 5) is 10.5. The molecule has 0 radical (unpaired) electrons. The first-order chi connectivity index (χ1) is 9.35. The van der Waals surface area contributed by atoms with Crippen LogP contribution in [-0.4, -0.2) is 10.9 Å². The molecule has 0 amide bonds. The average molecular weight is 251 g/mol. The van der Waals surface area contributed by atoms with Gasteiger partial charge in [0.15, 0.2) is 0 Å². The number of nitrogens with zero attached hydrogens (tertiary/aromatic N) is 1. The zero-order valence-corrected chi connectivity index (χ0v) is 11.1. The quantitative estimate of drug-likeness (QED) is 0.644. The van der Waals surface area contributed by atoms with Gasteiger partial charge in [-0.3, -0.25) is 0 Å². The molecule has 0 aliphatic carbocycles. The number of fused-ring (bicyclic) bond motifs is 3. The van der Waals surface area contributed by atoms with Crippen LogP contribution >= 0.6 is 0 Å². The highest BCUT2D eigenvalue weighted by atomic mass is 16.1. The van der Waals surface area contributed by atoms with Crippen molar-refractivity contribution in [1.82, 2.24) is 4.57 Å². The minimum absolute atomic E-state index is 0.595. The fourth-order valence-electron chi connectivity index (χ4n) is 2.82. The van der Waals surface area contributed by atoms with Gasteiger partial charge in [-0.15, -0.1) is 0 Å². The lowest BCUT2D eigenvalue weighted by Crippen LogP contribution is -1.93. The third kappa shape index (κ3) is 1.93. The maximum atomic E-state index is 10.5. The molecule has 0 aliphatic rings. The second kappa shape index (κ2) is 4.88. The molecule has 96 valence electrons. The number of aryl methyl sites for hydroxylation is 2. The van der Waals surface area contributed by atoms with Crippen LogP contribution < -0.4 is 0 Å². The van der Waals surface area contributed by atoms with Crippen LogP contribution in [0.1, 0.15) is 18.9 Å². The third-order valence-electron chi connectivity index (χ3n) is 3.70. The minimum Gasteiger partial charge on any atom is -0.341 e. The van der Waals surface area contributed by atoms with E-state index in [2.05, 4.69) is 54.0 Å². The Balaban J connectivity index is 2.27.